The first-order valence-corrected chi connectivity index (χ1v) is 13.1. The van der Waals surface area contributed by atoms with Crippen molar-refractivity contribution in [3.05, 3.63) is 95.1 Å². The molecule has 1 N–H and O–H groups in total. The predicted molar refractivity (Wildman–Crippen MR) is 141 cm³/mol. The Bertz CT molecular complexity index is 1110. The van der Waals surface area contributed by atoms with Crippen LogP contribution >= 0.6 is 0 Å². The highest BCUT2D eigenvalue weighted by Gasteiger charge is 2.33. The Balaban J connectivity index is 1.40. The van der Waals surface area contributed by atoms with Crippen molar-refractivity contribution in [3.8, 4) is 11.5 Å². The van der Waals surface area contributed by atoms with Gasteiger partial charge in [0.05, 0.1) is 6.61 Å². The molecule has 0 amide bonds. The highest BCUT2D eigenvalue weighted by atomic mass is 16.5. The zero-order valence-electron chi connectivity index (χ0n) is 21.2. The largest absolute Gasteiger partial charge is 0.493 e. The fourth-order valence-electron chi connectivity index (χ4n) is 5.83. The molecule has 0 spiro atoms. The summed E-state index contributed by atoms with van der Waals surface area (Å²) in [5, 5.41) is 9.23. The molecule has 2 aliphatic carbocycles. The number of hydrogen-bond donors (Lipinski definition) is 1. The van der Waals surface area contributed by atoms with Gasteiger partial charge in [-0.15, -0.1) is 0 Å². The number of rotatable bonds is 7. The van der Waals surface area contributed by atoms with E-state index in [0.29, 0.717) is 30.3 Å². The van der Waals surface area contributed by atoms with Crippen molar-refractivity contribution in [2.45, 2.75) is 63.9 Å². The van der Waals surface area contributed by atoms with E-state index in [1.54, 1.807) is 0 Å². The number of aliphatic hydroxyl groups is 1. The lowest BCUT2D eigenvalue weighted by molar-refractivity contribution is 0.0730. The van der Waals surface area contributed by atoms with Gasteiger partial charge in [-0.1, -0.05) is 48.5 Å². The second-order valence-electron chi connectivity index (χ2n) is 11.4. The normalized spacial score (nSPS) is 23.8. The average molecular weight is 471 g/mol. The van der Waals surface area contributed by atoms with Crippen molar-refractivity contribution < 1.29 is 14.6 Å². The van der Waals surface area contributed by atoms with E-state index in [4.69, 9.17) is 9.47 Å². The van der Waals surface area contributed by atoms with Crippen LogP contribution < -0.4 is 9.47 Å². The van der Waals surface area contributed by atoms with Gasteiger partial charge >= 0.3 is 0 Å². The molecule has 35 heavy (non-hydrogen) atoms. The molecule has 3 heteroatoms. The van der Waals surface area contributed by atoms with Crippen molar-refractivity contribution in [3.63, 3.8) is 0 Å². The van der Waals surface area contributed by atoms with E-state index in [1.807, 2.05) is 0 Å². The van der Waals surface area contributed by atoms with Gasteiger partial charge in [0, 0.05) is 12.5 Å². The van der Waals surface area contributed by atoms with Gasteiger partial charge in [-0.25, -0.2) is 0 Å². The van der Waals surface area contributed by atoms with Crippen LogP contribution in [0.4, 0.5) is 0 Å². The lowest BCUT2D eigenvalue weighted by atomic mass is 9.69. The summed E-state index contributed by atoms with van der Waals surface area (Å²) in [6.07, 6.45) is 4.33. The van der Waals surface area contributed by atoms with Gasteiger partial charge in [-0.3, -0.25) is 0 Å². The van der Waals surface area contributed by atoms with Gasteiger partial charge in [0.1, 0.15) is 17.1 Å². The average Bonchev–Trinajstić information content (AvgIpc) is 2.82. The molecule has 3 aromatic rings. The van der Waals surface area contributed by atoms with Crippen LogP contribution in [0, 0.1) is 11.8 Å². The van der Waals surface area contributed by atoms with Crippen LogP contribution in [0.1, 0.15) is 74.1 Å². The summed E-state index contributed by atoms with van der Waals surface area (Å²) >= 11 is 0. The number of ether oxygens (including phenoxy) is 2. The molecule has 3 nitrogen and oxygen atoms in total. The fraction of sp³-hybridized carbons (Fsp3) is 0.438. The molecule has 3 aromatic carbocycles. The molecule has 0 saturated heterocycles. The second kappa shape index (κ2) is 10.1. The Morgan fingerprint density at radius 2 is 1.54 bits per heavy atom. The Kier molecular flexibility index (Phi) is 6.88. The molecule has 2 aliphatic rings. The standard InChI is InChI=1S/C32H38O3/c1-32(2,3)35-28-14-16-30-26(19-28)11-15-29(24-7-5-4-6-8-24)31(30)25-9-12-27(13-10-25)34-21-23-17-22(18-23)20-33/h4-10,12-14,16,19,22-23,29,31,33H,11,15,17-18,20-21H2,1-3H3/t22?,23?,29-,31+/m1/s1. The summed E-state index contributed by atoms with van der Waals surface area (Å²) in [6, 6.07) is 26.4. The maximum atomic E-state index is 9.23. The monoisotopic (exact) mass is 470 g/mol. The number of fused-ring (bicyclic) bond motifs is 1. The first kappa shape index (κ1) is 23.9. The third kappa shape index (κ3) is 5.56. The fourth-order valence-corrected chi connectivity index (χ4v) is 5.83. The van der Waals surface area contributed by atoms with Gasteiger partial charge in [0.25, 0.3) is 0 Å². The molecule has 0 heterocycles. The van der Waals surface area contributed by atoms with Crippen molar-refractivity contribution in [1.82, 2.24) is 0 Å². The van der Waals surface area contributed by atoms with Gasteiger partial charge in [0.2, 0.25) is 0 Å². The zero-order chi connectivity index (χ0) is 24.4. The maximum absolute atomic E-state index is 9.23. The highest BCUT2D eigenvalue weighted by molar-refractivity contribution is 5.48. The van der Waals surface area contributed by atoms with Crippen LogP contribution in [0.5, 0.6) is 11.5 Å². The minimum atomic E-state index is -0.205. The van der Waals surface area contributed by atoms with Crippen LogP contribution in [-0.4, -0.2) is 23.9 Å². The number of hydrogen-bond acceptors (Lipinski definition) is 3. The summed E-state index contributed by atoms with van der Waals surface area (Å²) < 4.78 is 12.3. The first-order valence-electron chi connectivity index (χ1n) is 13.1. The summed E-state index contributed by atoms with van der Waals surface area (Å²) in [7, 11) is 0. The molecule has 2 atom stereocenters. The van der Waals surface area contributed by atoms with Crippen LogP contribution in [-0.2, 0) is 6.42 Å². The van der Waals surface area contributed by atoms with Gasteiger partial charge in [-0.05, 0) is 111 Å². The van der Waals surface area contributed by atoms with E-state index in [1.165, 1.54) is 22.3 Å². The van der Waals surface area contributed by atoms with E-state index in [0.717, 1.165) is 43.8 Å². The van der Waals surface area contributed by atoms with E-state index in [2.05, 4.69) is 93.6 Å². The Hall–Kier alpha value is -2.78. The van der Waals surface area contributed by atoms with Crippen molar-refractivity contribution in [1.29, 1.82) is 0 Å². The zero-order valence-corrected chi connectivity index (χ0v) is 21.2. The molecule has 0 radical (unpaired) electrons. The smallest absolute Gasteiger partial charge is 0.120 e. The number of benzene rings is 3. The molecule has 0 aliphatic heterocycles. The van der Waals surface area contributed by atoms with Crippen LogP contribution in [0.3, 0.4) is 0 Å². The molecule has 0 unspecified atom stereocenters. The molecule has 1 saturated carbocycles. The summed E-state index contributed by atoms with van der Waals surface area (Å²) in [5.41, 5.74) is 5.34. The molecule has 184 valence electrons. The van der Waals surface area contributed by atoms with Crippen molar-refractivity contribution in [2.24, 2.45) is 11.8 Å². The topological polar surface area (TPSA) is 38.7 Å². The number of aliphatic hydroxyl groups excluding tert-OH is 1. The molecule has 1 fully saturated rings. The van der Waals surface area contributed by atoms with E-state index < -0.39 is 0 Å². The Morgan fingerprint density at radius 1 is 0.829 bits per heavy atom. The minimum Gasteiger partial charge on any atom is -0.493 e. The summed E-state index contributed by atoms with van der Waals surface area (Å²) in [4.78, 5) is 0. The highest BCUT2D eigenvalue weighted by Crippen LogP contribution is 2.47. The maximum Gasteiger partial charge on any atom is 0.120 e. The quantitative estimate of drug-likeness (QED) is 0.399. The summed E-state index contributed by atoms with van der Waals surface area (Å²) in [5.74, 6) is 3.68. The van der Waals surface area contributed by atoms with Crippen LogP contribution in [0.15, 0.2) is 72.8 Å². The second-order valence-corrected chi connectivity index (χ2v) is 11.4. The molecule has 0 bridgehead atoms. The van der Waals surface area contributed by atoms with Crippen LogP contribution in [0.2, 0.25) is 0 Å². The lowest BCUT2D eigenvalue weighted by Crippen LogP contribution is -2.30. The number of aryl methyl sites for hydroxylation is 1. The van der Waals surface area contributed by atoms with Gasteiger partial charge in [0.15, 0.2) is 0 Å². The van der Waals surface area contributed by atoms with Crippen LogP contribution in [0.25, 0.3) is 0 Å². The van der Waals surface area contributed by atoms with E-state index in [-0.39, 0.29) is 5.60 Å². The SMILES string of the molecule is CC(C)(C)Oc1ccc2c(c1)CC[C@H](c1ccccc1)[C@@H]2c1ccc(OCC2CC(CO)C2)cc1. The molecular formula is C32H38O3. The predicted octanol–water partition coefficient (Wildman–Crippen LogP) is 7.12. The summed E-state index contributed by atoms with van der Waals surface area (Å²) in [6.45, 7) is 7.34. The van der Waals surface area contributed by atoms with Crippen molar-refractivity contribution >= 4 is 0 Å². The third-order valence-corrected chi connectivity index (χ3v) is 7.54. The third-order valence-electron chi connectivity index (χ3n) is 7.54. The minimum absolute atomic E-state index is 0.205. The van der Waals surface area contributed by atoms with E-state index >= 15 is 0 Å². The molecule has 0 aromatic heterocycles. The molecular weight excluding hydrogens is 432 g/mol. The van der Waals surface area contributed by atoms with Gasteiger partial charge < -0.3 is 14.6 Å². The first-order chi connectivity index (χ1) is 16.9. The van der Waals surface area contributed by atoms with Crippen molar-refractivity contribution in [2.75, 3.05) is 13.2 Å². The van der Waals surface area contributed by atoms with E-state index in [9.17, 15) is 5.11 Å². The molecule has 5 rings (SSSR count). The Labute approximate surface area is 210 Å². The lowest BCUT2D eigenvalue weighted by Gasteiger charge is -2.35. The Morgan fingerprint density at radius 3 is 2.23 bits per heavy atom. The van der Waals surface area contributed by atoms with Gasteiger partial charge in [-0.2, -0.15) is 0 Å².